The van der Waals surface area contributed by atoms with Crippen molar-refractivity contribution >= 4 is 21.6 Å². The average Bonchev–Trinajstić information content (AvgIpc) is 2.70. The molecule has 4 heteroatoms. The Labute approximate surface area is 115 Å². The maximum atomic E-state index is 5.81. The molecule has 1 aromatic heterocycles. The zero-order valence-corrected chi connectivity index (χ0v) is 11.5. The number of benzene rings is 1. The smallest absolute Gasteiger partial charge is 0.0410 e. The van der Waals surface area contributed by atoms with E-state index in [9.17, 15) is 0 Å². The molecule has 0 spiro atoms. The van der Waals surface area contributed by atoms with Crippen LogP contribution in [0.2, 0.25) is 0 Å². The summed E-state index contributed by atoms with van der Waals surface area (Å²) in [4.78, 5) is 6.59. The van der Waals surface area contributed by atoms with Gasteiger partial charge in [0.25, 0.3) is 0 Å². The Bertz CT molecular complexity index is 583. The van der Waals surface area contributed by atoms with Gasteiger partial charge in [0.1, 0.15) is 0 Å². The highest BCUT2D eigenvalue weighted by Crippen LogP contribution is 2.26. The summed E-state index contributed by atoms with van der Waals surface area (Å²) in [6.45, 7) is 2.87. The van der Waals surface area contributed by atoms with Crippen molar-refractivity contribution in [2.45, 2.75) is 19.6 Å². The number of fused-ring (bicyclic) bond motifs is 1. The summed E-state index contributed by atoms with van der Waals surface area (Å²) in [5.41, 5.74) is 10.6. The van der Waals surface area contributed by atoms with Gasteiger partial charge >= 0.3 is 0 Å². The third-order valence-corrected chi connectivity index (χ3v) is 3.62. The van der Waals surface area contributed by atoms with Crippen LogP contribution in [-0.2, 0) is 19.6 Å². The number of hydrogen-bond donors (Lipinski definition) is 1. The summed E-state index contributed by atoms with van der Waals surface area (Å²) < 4.78 is 1.03. The van der Waals surface area contributed by atoms with Gasteiger partial charge in [-0.25, -0.2) is 0 Å². The minimum Gasteiger partial charge on any atom is -0.399 e. The van der Waals surface area contributed by atoms with E-state index in [1.54, 1.807) is 0 Å². The lowest BCUT2D eigenvalue weighted by Gasteiger charge is -2.14. The Hall–Kier alpha value is -1.39. The monoisotopic (exact) mass is 303 g/mol. The molecule has 92 valence electrons. The second-order valence-electron chi connectivity index (χ2n) is 4.68. The number of pyridine rings is 1. The van der Waals surface area contributed by atoms with Crippen LogP contribution in [0.25, 0.3) is 0 Å². The molecule has 0 radical (unpaired) electrons. The van der Waals surface area contributed by atoms with Crippen LogP contribution in [-0.4, -0.2) is 9.88 Å². The molecule has 1 aromatic carbocycles. The lowest BCUT2D eigenvalue weighted by atomic mass is 10.1. The van der Waals surface area contributed by atoms with Gasteiger partial charge in [-0.3, -0.25) is 9.88 Å². The molecular weight excluding hydrogens is 290 g/mol. The van der Waals surface area contributed by atoms with Crippen LogP contribution in [0.4, 0.5) is 5.69 Å². The number of hydrogen-bond acceptors (Lipinski definition) is 3. The fourth-order valence-corrected chi connectivity index (χ4v) is 2.81. The van der Waals surface area contributed by atoms with E-state index in [0.29, 0.717) is 0 Å². The Morgan fingerprint density at radius 2 is 2.00 bits per heavy atom. The van der Waals surface area contributed by atoms with Gasteiger partial charge in [0, 0.05) is 42.2 Å². The highest BCUT2D eigenvalue weighted by molar-refractivity contribution is 9.10. The van der Waals surface area contributed by atoms with E-state index in [0.717, 1.165) is 29.8 Å². The first-order chi connectivity index (χ1) is 8.70. The highest BCUT2D eigenvalue weighted by Gasteiger charge is 2.18. The number of rotatable bonds is 2. The third-order valence-electron chi connectivity index (χ3n) is 3.19. The quantitative estimate of drug-likeness (QED) is 0.867. The van der Waals surface area contributed by atoms with Gasteiger partial charge < -0.3 is 5.73 Å². The molecular formula is C14H14BrN3. The van der Waals surface area contributed by atoms with Crippen LogP contribution in [0.15, 0.2) is 41.1 Å². The van der Waals surface area contributed by atoms with E-state index in [2.05, 4.69) is 44.0 Å². The molecule has 0 atom stereocenters. The van der Waals surface area contributed by atoms with Crippen molar-refractivity contribution in [1.82, 2.24) is 9.88 Å². The van der Waals surface area contributed by atoms with Gasteiger partial charge in [0.05, 0.1) is 0 Å². The van der Waals surface area contributed by atoms with E-state index in [-0.39, 0.29) is 0 Å². The average molecular weight is 304 g/mol. The predicted octanol–water partition coefficient (Wildman–Crippen LogP) is 2.94. The van der Waals surface area contributed by atoms with Crippen LogP contribution in [0, 0.1) is 0 Å². The molecule has 0 bridgehead atoms. The van der Waals surface area contributed by atoms with Crippen LogP contribution in [0.1, 0.15) is 16.7 Å². The molecule has 1 aliphatic rings. The zero-order valence-electron chi connectivity index (χ0n) is 9.94. The van der Waals surface area contributed by atoms with Crippen molar-refractivity contribution in [2.24, 2.45) is 0 Å². The maximum absolute atomic E-state index is 5.81. The second kappa shape index (κ2) is 4.71. The molecule has 0 saturated heterocycles. The minimum absolute atomic E-state index is 0.847. The summed E-state index contributed by atoms with van der Waals surface area (Å²) in [6, 6.07) is 8.30. The van der Waals surface area contributed by atoms with Gasteiger partial charge in [0.15, 0.2) is 0 Å². The first-order valence-corrected chi connectivity index (χ1v) is 6.69. The summed E-state index contributed by atoms with van der Waals surface area (Å²) in [5, 5.41) is 0. The number of nitrogens with two attached hydrogens (primary N) is 1. The van der Waals surface area contributed by atoms with E-state index < -0.39 is 0 Å². The number of anilines is 1. The van der Waals surface area contributed by atoms with E-state index in [4.69, 9.17) is 5.73 Å². The van der Waals surface area contributed by atoms with Crippen LogP contribution >= 0.6 is 15.9 Å². The SMILES string of the molecule is Nc1ccc2c(c1)CN(Cc1cncc(Br)c1)C2. The lowest BCUT2D eigenvalue weighted by molar-refractivity contribution is 0.275. The zero-order chi connectivity index (χ0) is 12.5. The molecule has 18 heavy (non-hydrogen) atoms. The van der Waals surface area contributed by atoms with Gasteiger partial charge in [-0.2, -0.15) is 0 Å². The summed E-state index contributed by atoms with van der Waals surface area (Å²) in [5.74, 6) is 0. The van der Waals surface area contributed by atoms with Gasteiger partial charge in [-0.1, -0.05) is 6.07 Å². The number of aromatic nitrogens is 1. The Morgan fingerprint density at radius 1 is 1.17 bits per heavy atom. The lowest BCUT2D eigenvalue weighted by Crippen LogP contribution is -2.15. The van der Waals surface area contributed by atoms with Gasteiger partial charge in [0.2, 0.25) is 0 Å². The Morgan fingerprint density at radius 3 is 2.83 bits per heavy atom. The number of nitrogens with zero attached hydrogens (tertiary/aromatic N) is 2. The van der Waals surface area contributed by atoms with Crippen molar-refractivity contribution in [1.29, 1.82) is 0 Å². The van der Waals surface area contributed by atoms with Crippen molar-refractivity contribution in [2.75, 3.05) is 5.73 Å². The Kier molecular flexibility index (Phi) is 3.06. The number of halogens is 1. The molecule has 0 saturated carbocycles. The van der Waals surface area contributed by atoms with Crippen molar-refractivity contribution < 1.29 is 0 Å². The molecule has 2 aromatic rings. The minimum atomic E-state index is 0.847. The first kappa shape index (κ1) is 11.7. The van der Waals surface area contributed by atoms with Gasteiger partial charge in [-0.15, -0.1) is 0 Å². The van der Waals surface area contributed by atoms with Crippen molar-refractivity contribution in [3.8, 4) is 0 Å². The maximum Gasteiger partial charge on any atom is 0.0410 e. The highest BCUT2D eigenvalue weighted by atomic mass is 79.9. The van der Waals surface area contributed by atoms with Crippen molar-refractivity contribution in [3.63, 3.8) is 0 Å². The standard InChI is InChI=1S/C14H14BrN3/c15-13-3-10(5-17-6-13)7-18-8-11-1-2-14(16)4-12(11)9-18/h1-6H,7-9,16H2. The summed E-state index contributed by atoms with van der Waals surface area (Å²) >= 11 is 3.45. The first-order valence-electron chi connectivity index (χ1n) is 5.90. The number of nitrogen functional groups attached to an aromatic ring is 1. The molecule has 3 rings (SSSR count). The molecule has 3 nitrogen and oxygen atoms in total. The molecule has 0 fully saturated rings. The third kappa shape index (κ3) is 2.40. The van der Waals surface area contributed by atoms with E-state index in [1.165, 1.54) is 16.7 Å². The summed E-state index contributed by atoms with van der Waals surface area (Å²) in [6.07, 6.45) is 3.73. The van der Waals surface area contributed by atoms with E-state index in [1.807, 2.05) is 18.5 Å². The topological polar surface area (TPSA) is 42.1 Å². The van der Waals surface area contributed by atoms with E-state index >= 15 is 0 Å². The molecule has 1 aliphatic heterocycles. The molecule has 0 amide bonds. The molecule has 2 heterocycles. The van der Waals surface area contributed by atoms with Gasteiger partial charge in [-0.05, 0) is 50.8 Å². The predicted molar refractivity (Wildman–Crippen MR) is 75.7 cm³/mol. The molecule has 0 unspecified atom stereocenters. The fourth-order valence-electron chi connectivity index (χ4n) is 2.40. The largest absolute Gasteiger partial charge is 0.399 e. The second-order valence-corrected chi connectivity index (χ2v) is 5.60. The van der Waals surface area contributed by atoms with Crippen LogP contribution in [0.3, 0.4) is 0 Å². The van der Waals surface area contributed by atoms with Crippen molar-refractivity contribution in [3.05, 3.63) is 57.8 Å². The normalized spacial score (nSPS) is 14.7. The fraction of sp³-hybridized carbons (Fsp3) is 0.214. The van der Waals surface area contributed by atoms with Crippen LogP contribution < -0.4 is 5.73 Å². The Balaban J connectivity index is 1.74. The summed E-state index contributed by atoms with van der Waals surface area (Å²) in [7, 11) is 0. The van der Waals surface area contributed by atoms with Crippen LogP contribution in [0.5, 0.6) is 0 Å². The molecule has 0 aliphatic carbocycles. The molecule has 2 N–H and O–H groups in total.